The summed E-state index contributed by atoms with van der Waals surface area (Å²) in [6.45, 7) is 7.35. The molecule has 1 aromatic heterocycles. The fourth-order valence-electron chi connectivity index (χ4n) is 1.32. The van der Waals surface area contributed by atoms with Crippen LogP contribution in [0.3, 0.4) is 0 Å². The first kappa shape index (κ1) is 15.4. The Labute approximate surface area is 114 Å². The zero-order valence-corrected chi connectivity index (χ0v) is 11.9. The molecule has 1 aromatic rings. The molecule has 0 saturated carbocycles. The second kappa shape index (κ2) is 6.52. The molecule has 0 aliphatic rings. The third kappa shape index (κ3) is 4.87. The van der Waals surface area contributed by atoms with Gasteiger partial charge in [-0.05, 0) is 33.3 Å². The van der Waals surface area contributed by atoms with E-state index in [4.69, 9.17) is 9.84 Å². The number of nitrogens with one attached hydrogen (secondary N) is 1. The number of aromatic nitrogens is 1. The van der Waals surface area contributed by atoms with Crippen LogP contribution in [0.15, 0.2) is 18.3 Å². The predicted molar refractivity (Wildman–Crippen MR) is 73.2 cm³/mol. The summed E-state index contributed by atoms with van der Waals surface area (Å²) in [5.74, 6) is 0.180. The summed E-state index contributed by atoms with van der Waals surface area (Å²) in [7, 11) is 0. The van der Waals surface area contributed by atoms with Crippen LogP contribution in [0.5, 0.6) is 5.88 Å². The van der Waals surface area contributed by atoms with E-state index in [9.17, 15) is 4.79 Å². The van der Waals surface area contributed by atoms with Gasteiger partial charge in [0, 0.05) is 17.8 Å². The fraction of sp³-hybridized carbons (Fsp3) is 0.571. The zero-order valence-electron chi connectivity index (χ0n) is 11.9. The summed E-state index contributed by atoms with van der Waals surface area (Å²) in [4.78, 5) is 16.1. The topological polar surface area (TPSA) is 71.5 Å². The number of amides is 1. The molecule has 5 nitrogen and oxygen atoms in total. The Kier molecular flexibility index (Phi) is 5.30. The Hall–Kier alpha value is -1.62. The van der Waals surface area contributed by atoms with Crippen LogP contribution in [-0.2, 0) is 0 Å². The van der Waals surface area contributed by atoms with E-state index >= 15 is 0 Å². The van der Waals surface area contributed by atoms with Crippen LogP contribution in [0, 0.1) is 0 Å². The number of carbonyl (C=O) groups excluding carboxylic acids is 1. The highest BCUT2D eigenvalue weighted by atomic mass is 16.5. The van der Waals surface area contributed by atoms with Crippen molar-refractivity contribution in [1.82, 2.24) is 10.3 Å². The molecule has 1 rings (SSSR count). The Balaban J connectivity index is 2.78. The number of aliphatic hydroxyl groups excluding tert-OH is 1. The summed E-state index contributed by atoms with van der Waals surface area (Å²) in [6.07, 6.45) is 2.47. The third-order valence-electron chi connectivity index (χ3n) is 2.74. The van der Waals surface area contributed by atoms with Gasteiger partial charge in [-0.15, -0.1) is 0 Å². The van der Waals surface area contributed by atoms with Gasteiger partial charge >= 0.3 is 0 Å². The van der Waals surface area contributed by atoms with E-state index < -0.39 is 5.54 Å². The van der Waals surface area contributed by atoms with Crippen LogP contribution in [0.2, 0.25) is 0 Å². The average molecular weight is 266 g/mol. The van der Waals surface area contributed by atoms with Gasteiger partial charge in [0.1, 0.15) is 0 Å². The van der Waals surface area contributed by atoms with Gasteiger partial charge in [0.05, 0.1) is 18.2 Å². The van der Waals surface area contributed by atoms with Crippen molar-refractivity contribution in [2.45, 2.75) is 45.8 Å². The van der Waals surface area contributed by atoms with Gasteiger partial charge in [0.2, 0.25) is 5.88 Å². The van der Waals surface area contributed by atoms with E-state index in [0.717, 1.165) is 6.42 Å². The highest BCUT2D eigenvalue weighted by molar-refractivity contribution is 5.94. The van der Waals surface area contributed by atoms with Gasteiger partial charge in [-0.25, -0.2) is 4.98 Å². The normalized spacial score (nSPS) is 12.9. The van der Waals surface area contributed by atoms with Crippen LogP contribution in [-0.4, -0.2) is 34.2 Å². The first-order valence-corrected chi connectivity index (χ1v) is 6.44. The van der Waals surface area contributed by atoms with Gasteiger partial charge in [-0.2, -0.15) is 0 Å². The maximum Gasteiger partial charge on any atom is 0.252 e. The molecule has 1 unspecified atom stereocenters. The van der Waals surface area contributed by atoms with Crippen LogP contribution in [0.4, 0.5) is 0 Å². The average Bonchev–Trinajstić information content (AvgIpc) is 2.38. The van der Waals surface area contributed by atoms with Gasteiger partial charge in [-0.1, -0.05) is 6.92 Å². The summed E-state index contributed by atoms with van der Waals surface area (Å²) in [5.41, 5.74) is -0.187. The monoisotopic (exact) mass is 266 g/mol. The Bertz CT molecular complexity index is 432. The zero-order chi connectivity index (χ0) is 14.5. The lowest BCUT2D eigenvalue weighted by Gasteiger charge is -2.23. The molecule has 5 heteroatoms. The molecule has 2 N–H and O–H groups in total. The van der Waals surface area contributed by atoms with Crippen LogP contribution in [0.25, 0.3) is 0 Å². The van der Waals surface area contributed by atoms with Crippen molar-refractivity contribution in [3.8, 4) is 5.88 Å². The third-order valence-corrected chi connectivity index (χ3v) is 2.74. The fourth-order valence-corrected chi connectivity index (χ4v) is 1.32. The largest absolute Gasteiger partial charge is 0.475 e. The molecule has 0 bridgehead atoms. The molecule has 0 fully saturated rings. The molecule has 0 radical (unpaired) electrons. The minimum atomic E-state index is -0.655. The molecular formula is C14H22N2O3. The van der Waals surface area contributed by atoms with Gasteiger partial charge in [0.15, 0.2) is 0 Å². The minimum Gasteiger partial charge on any atom is -0.475 e. The number of ether oxygens (including phenoxy) is 1. The molecule has 0 aliphatic heterocycles. The quantitative estimate of drug-likeness (QED) is 0.823. The number of hydrogen-bond donors (Lipinski definition) is 2. The van der Waals surface area contributed by atoms with Crippen molar-refractivity contribution in [3.63, 3.8) is 0 Å². The van der Waals surface area contributed by atoms with Crippen molar-refractivity contribution in [2.24, 2.45) is 0 Å². The van der Waals surface area contributed by atoms with E-state index in [1.165, 1.54) is 0 Å². The van der Waals surface area contributed by atoms with E-state index in [0.29, 0.717) is 11.4 Å². The predicted octanol–water partition coefficient (Wildman–Crippen LogP) is 1.76. The van der Waals surface area contributed by atoms with Crippen molar-refractivity contribution < 1.29 is 14.6 Å². The molecule has 19 heavy (non-hydrogen) atoms. The SMILES string of the molecule is CCC(C)Oc1cc(C(=O)NC(C)(C)CO)ccn1. The van der Waals surface area contributed by atoms with Crippen LogP contribution < -0.4 is 10.1 Å². The molecule has 0 spiro atoms. The molecule has 1 heterocycles. The molecule has 0 aromatic carbocycles. The summed E-state index contributed by atoms with van der Waals surface area (Å²) >= 11 is 0. The molecule has 1 atom stereocenters. The van der Waals surface area contributed by atoms with E-state index in [-0.39, 0.29) is 18.6 Å². The maximum atomic E-state index is 12.0. The van der Waals surface area contributed by atoms with Crippen LogP contribution in [0.1, 0.15) is 44.5 Å². The number of rotatable bonds is 6. The molecule has 0 aliphatic carbocycles. The lowest BCUT2D eigenvalue weighted by Crippen LogP contribution is -2.46. The number of aliphatic hydroxyl groups is 1. The number of hydrogen-bond acceptors (Lipinski definition) is 4. The molecule has 0 saturated heterocycles. The lowest BCUT2D eigenvalue weighted by atomic mass is 10.1. The second-order valence-corrected chi connectivity index (χ2v) is 5.22. The lowest BCUT2D eigenvalue weighted by molar-refractivity contribution is 0.0868. The summed E-state index contributed by atoms with van der Waals surface area (Å²) in [6, 6.07) is 3.22. The Morgan fingerprint density at radius 3 is 2.84 bits per heavy atom. The van der Waals surface area contributed by atoms with E-state index in [1.807, 2.05) is 13.8 Å². The summed E-state index contributed by atoms with van der Waals surface area (Å²) in [5, 5.41) is 11.9. The van der Waals surface area contributed by atoms with Crippen molar-refractivity contribution >= 4 is 5.91 Å². The van der Waals surface area contributed by atoms with E-state index in [2.05, 4.69) is 10.3 Å². The highest BCUT2D eigenvalue weighted by Gasteiger charge is 2.20. The number of nitrogens with zero attached hydrogens (tertiary/aromatic N) is 1. The van der Waals surface area contributed by atoms with Gasteiger partial charge < -0.3 is 15.2 Å². The standard InChI is InChI=1S/C14H22N2O3/c1-5-10(2)19-12-8-11(6-7-15-12)13(18)16-14(3,4)9-17/h6-8,10,17H,5,9H2,1-4H3,(H,16,18). The van der Waals surface area contributed by atoms with Gasteiger partial charge in [-0.3, -0.25) is 4.79 Å². The summed E-state index contributed by atoms with van der Waals surface area (Å²) < 4.78 is 5.57. The number of carbonyl (C=O) groups is 1. The number of pyridine rings is 1. The Morgan fingerprint density at radius 2 is 2.26 bits per heavy atom. The van der Waals surface area contributed by atoms with Crippen LogP contribution >= 0.6 is 0 Å². The highest BCUT2D eigenvalue weighted by Crippen LogP contribution is 2.13. The molecular weight excluding hydrogens is 244 g/mol. The van der Waals surface area contributed by atoms with Crippen molar-refractivity contribution in [1.29, 1.82) is 0 Å². The molecule has 1 amide bonds. The van der Waals surface area contributed by atoms with Crippen molar-refractivity contribution in [3.05, 3.63) is 23.9 Å². The Morgan fingerprint density at radius 1 is 1.58 bits per heavy atom. The first-order chi connectivity index (χ1) is 8.88. The second-order valence-electron chi connectivity index (χ2n) is 5.22. The van der Waals surface area contributed by atoms with Crippen molar-refractivity contribution in [2.75, 3.05) is 6.61 Å². The first-order valence-electron chi connectivity index (χ1n) is 6.44. The van der Waals surface area contributed by atoms with Gasteiger partial charge in [0.25, 0.3) is 5.91 Å². The maximum absolute atomic E-state index is 12.0. The smallest absolute Gasteiger partial charge is 0.252 e. The molecule has 106 valence electrons. The van der Waals surface area contributed by atoms with E-state index in [1.54, 1.807) is 32.2 Å². The minimum absolute atomic E-state index is 0.0553.